The maximum Gasteiger partial charge on any atom is 0.0471 e. The third kappa shape index (κ3) is 1.49. The molecule has 0 unspecified atom stereocenters. The molecule has 16 heavy (non-hydrogen) atoms. The smallest absolute Gasteiger partial charge is 0.0471 e. The fourth-order valence-electron chi connectivity index (χ4n) is 3.40. The molecule has 0 radical (unpaired) electrons. The first-order valence-corrected chi connectivity index (χ1v) is 6.53. The lowest BCUT2D eigenvalue weighted by Crippen LogP contribution is -2.58. The molecule has 2 aliphatic carbocycles. The largest absolute Gasteiger partial charge is 0.321 e. The molecule has 1 aromatic carbocycles. The summed E-state index contributed by atoms with van der Waals surface area (Å²) in [6, 6.07) is 5.65. The zero-order valence-corrected chi connectivity index (χ0v) is 10.6. The molecule has 0 amide bonds. The molecule has 1 spiro atoms. The summed E-state index contributed by atoms with van der Waals surface area (Å²) in [5, 5.41) is 1.39. The van der Waals surface area contributed by atoms with E-state index in [1.807, 2.05) is 12.1 Å². The van der Waals surface area contributed by atoms with Gasteiger partial charge in [-0.15, -0.1) is 0 Å². The van der Waals surface area contributed by atoms with E-state index in [2.05, 4.69) is 0 Å². The van der Waals surface area contributed by atoms with Crippen LogP contribution in [0.1, 0.15) is 37.7 Å². The standard InChI is InChI=1S/C13H15Cl2N/c14-9-2-3-10(11(15)6-9)13(16)7-12(8-13)4-1-5-12/h2-3,6H,1,4-5,7-8,16H2. The Morgan fingerprint density at radius 1 is 1.12 bits per heavy atom. The first kappa shape index (κ1) is 10.9. The Kier molecular flexibility index (Phi) is 2.30. The minimum absolute atomic E-state index is 0.206. The van der Waals surface area contributed by atoms with Gasteiger partial charge in [0, 0.05) is 15.6 Å². The number of hydrogen-bond acceptors (Lipinski definition) is 1. The minimum Gasteiger partial charge on any atom is -0.321 e. The van der Waals surface area contributed by atoms with E-state index in [-0.39, 0.29) is 5.54 Å². The van der Waals surface area contributed by atoms with E-state index in [0.29, 0.717) is 15.5 Å². The Balaban J connectivity index is 1.87. The van der Waals surface area contributed by atoms with Crippen LogP contribution >= 0.6 is 23.2 Å². The summed E-state index contributed by atoms with van der Waals surface area (Å²) in [7, 11) is 0. The van der Waals surface area contributed by atoms with Crippen LogP contribution in [0.4, 0.5) is 0 Å². The lowest BCUT2D eigenvalue weighted by atomic mass is 9.47. The van der Waals surface area contributed by atoms with E-state index in [1.165, 1.54) is 19.3 Å². The highest BCUT2D eigenvalue weighted by atomic mass is 35.5. The monoisotopic (exact) mass is 255 g/mol. The summed E-state index contributed by atoms with van der Waals surface area (Å²) in [6.45, 7) is 0. The van der Waals surface area contributed by atoms with Crippen molar-refractivity contribution in [3.05, 3.63) is 33.8 Å². The highest BCUT2D eigenvalue weighted by molar-refractivity contribution is 6.35. The predicted octanol–water partition coefficient (Wildman–Crippen LogP) is 4.11. The molecule has 1 nitrogen and oxygen atoms in total. The van der Waals surface area contributed by atoms with Gasteiger partial charge in [0.05, 0.1) is 0 Å². The van der Waals surface area contributed by atoms with Gasteiger partial charge in [0.1, 0.15) is 0 Å². The molecule has 0 bridgehead atoms. The van der Waals surface area contributed by atoms with E-state index < -0.39 is 0 Å². The van der Waals surface area contributed by atoms with Crippen LogP contribution in [0, 0.1) is 5.41 Å². The predicted molar refractivity (Wildman–Crippen MR) is 67.8 cm³/mol. The molecule has 3 heteroatoms. The summed E-state index contributed by atoms with van der Waals surface area (Å²) in [6.07, 6.45) is 6.22. The lowest BCUT2D eigenvalue weighted by Gasteiger charge is -2.60. The first-order valence-electron chi connectivity index (χ1n) is 5.78. The molecule has 0 aromatic heterocycles. The van der Waals surface area contributed by atoms with Crippen LogP contribution in [0.2, 0.25) is 10.0 Å². The number of hydrogen-bond donors (Lipinski definition) is 1. The SMILES string of the molecule is NC1(c2ccc(Cl)cc2Cl)CC2(CCC2)C1. The average Bonchev–Trinajstić information content (AvgIpc) is 2.10. The van der Waals surface area contributed by atoms with Gasteiger partial charge in [-0.05, 0) is 48.8 Å². The summed E-state index contributed by atoms with van der Waals surface area (Å²) < 4.78 is 0. The van der Waals surface area contributed by atoms with Crippen LogP contribution in [0.3, 0.4) is 0 Å². The maximum absolute atomic E-state index is 6.43. The molecule has 2 saturated carbocycles. The first-order chi connectivity index (χ1) is 7.53. The van der Waals surface area contributed by atoms with Crippen molar-refractivity contribution in [3.63, 3.8) is 0 Å². The van der Waals surface area contributed by atoms with E-state index in [9.17, 15) is 0 Å². The van der Waals surface area contributed by atoms with Crippen molar-refractivity contribution in [1.29, 1.82) is 0 Å². The molecule has 2 N–H and O–H groups in total. The lowest BCUT2D eigenvalue weighted by molar-refractivity contribution is -0.0461. The second-order valence-electron chi connectivity index (χ2n) is 5.49. The van der Waals surface area contributed by atoms with Crippen molar-refractivity contribution in [3.8, 4) is 0 Å². The van der Waals surface area contributed by atoms with Crippen LogP contribution in [-0.4, -0.2) is 0 Å². The number of nitrogens with two attached hydrogens (primary N) is 1. The molecular formula is C13H15Cl2N. The Morgan fingerprint density at radius 2 is 1.81 bits per heavy atom. The second-order valence-corrected chi connectivity index (χ2v) is 6.33. The average molecular weight is 256 g/mol. The number of halogens is 2. The molecule has 0 heterocycles. The zero-order chi connectivity index (χ0) is 11.4. The van der Waals surface area contributed by atoms with Gasteiger partial charge < -0.3 is 5.73 Å². The van der Waals surface area contributed by atoms with Crippen LogP contribution in [0.25, 0.3) is 0 Å². The Labute approximate surface area is 106 Å². The molecule has 0 saturated heterocycles. The maximum atomic E-state index is 6.43. The second kappa shape index (κ2) is 3.38. The van der Waals surface area contributed by atoms with Gasteiger partial charge in [-0.1, -0.05) is 35.7 Å². The van der Waals surface area contributed by atoms with Gasteiger partial charge in [-0.25, -0.2) is 0 Å². The molecule has 0 atom stereocenters. The van der Waals surface area contributed by atoms with Gasteiger partial charge in [-0.3, -0.25) is 0 Å². The Hall–Kier alpha value is -0.240. The van der Waals surface area contributed by atoms with E-state index in [1.54, 1.807) is 6.07 Å². The van der Waals surface area contributed by atoms with Gasteiger partial charge in [0.2, 0.25) is 0 Å². The van der Waals surface area contributed by atoms with Crippen LogP contribution in [0.15, 0.2) is 18.2 Å². The van der Waals surface area contributed by atoms with Crippen molar-refractivity contribution in [2.24, 2.45) is 11.1 Å². The van der Waals surface area contributed by atoms with Crippen molar-refractivity contribution in [2.75, 3.05) is 0 Å². The summed E-state index contributed by atoms with van der Waals surface area (Å²) >= 11 is 12.1. The fourth-order valence-corrected chi connectivity index (χ4v) is 4.00. The molecule has 3 rings (SSSR count). The highest BCUT2D eigenvalue weighted by Gasteiger charge is 2.56. The number of rotatable bonds is 1. The Bertz CT molecular complexity index is 430. The highest BCUT2D eigenvalue weighted by Crippen LogP contribution is 2.63. The van der Waals surface area contributed by atoms with Gasteiger partial charge >= 0.3 is 0 Å². The van der Waals surface area contributed by atoms with E-state index in [0.717, 1.165) is 18.4 Å². The van der Waals surface area contributed by atoms with Crippen LogP contribution in [0.5, 0.6) is 0 Å². The van der Waals surface area contributed by atoms with Gasteiger partial charge in [0.25, 0.3) is 0 Å². The van der Waals surface area contributed by atoms with Crippen LogP contribution < -0.4 is 5.73 Å². The Morgan fingerprint density at radius 3 is 2.31 bits per heavy atom. The molecule has 2 fully saturated rings. The van der Waals surface area contributed by atoms with Gasteiger partial charge in [0.15, 0.2) is 0 Å². The van der Waals surface area contributed by atoms with Crippen molar-refractivity contribution < 1.29 is 0 Å². The molecule has 86 valence electrons. The third-order valence-electron chi connectivity index (χ3n) is 4.26. The zero-order valence-electron chi connectivity index (χ0n) is 9.10. The van der Waals surface area contributed by atoms with Crippen LogP contribution in [-0.2, 0) is 5.54 Å². The minimum atomic E-state index is -0.206. The van der Waals surface area contributed by atoms with E-state index >= 15 is 0 Å². The third-order valence-corrected chi connectivity index (χ3v) is 4.81. The fraction of sp³-hybridized carbons (Fsp3) is 0.538. The van der Waals surface area contributed by atoms with E-state index in [4.69, 9.17) is 28.9 Å². The normalized spacial score (nSPS) is 24.9. The number of benzene rings is 1. The summed E-state index contributed by atoms with van der Waals surface area (Å²) in [5.41, 5.74) is 7.85. The summed E-state index contributed by atoms with van der Waals surface area (Å²) in [5.74, 6) is 0. The quantitative estimate of drug-likeness (QED) is 0.803. The van der Waals surface area contributed by atoms with Gasteiger partial charge in [-0.2, -0.15) is 0 Å². The topological polar surface area (TPSA) is 26.0 Å². The summed E-state index contributed by atoms with van der Waals surface area (Å²) in [4.78, 5) is 0. The van der Waals surface area contributed by atoms with Crippen molar-refractivity contribution >= 4 is 23.2 Å². The molecule has 0 aliphatic heterocycles. The van der Waals surface area contributed by atoms with Crippen molar-refractivity contribution in [2.45, 2.75) is 37.6 Å². The van der Waals surface area contributed by atoms with Crippen molar-refractivity contribution in [1.82, 2.24) is 0 Å². The molecule has 2 aliphatic rings. The molecule has 1 aromatic rings. The molecular weight excluding hydrogens is 241 g/mol.